The SMILES string of the molecule is Cc1cc(OCc2ccccc2)ccc1CC(N)CO.Cl. The lowest BCUT2D eigenvalue weighted by Crippen LogP contribution is -2.27. The fourth-order valence-electron chi connectivity index (χ4n) is 2.08. The van der Waals surface area contributed by atoms with Crippen molar-refractivity contribution in [1.82, 2.24) is 0 Å². The molecule has 0 aliphatic heterocycles. The van der Waals surface area contributed by atoms with Gasteiger partial charge in [0.15, 0.2) is 0 Å². The van der Waals surface area contributed by atoms with Crippen molar-refractivity contribution in [3.63, 3.8) is 0 Å². The minimum Gasteiger partial charge on any atom is -0.489 e. The summed E-state index contributed by atoms with van der Waals surface area (Å²) in [5, 5.41) is 9.00. The van der Waals surface area contributed by atoms with Gasteiger partial charge in [-0.1, -0.05) is 36.4 Å². The number of hydrogen-bond acceptors (Lipinski definition) is 3. The van der Waals surface area contributed by atoms with Crippen LogP contribution in [0.4, 0.5) is 0 Å². The molecule has 114 valence electrons. The van der Waals surface area contributed by atoms with Crippen LogP contribution in [0.2, 0.25) is 0 Å². The van der Waals surface area contributed by atoms with Crippen LogP contribution >= 0.6 is 12.4 Å². The second-order valence-electron chi connectivity index (χ2n) is 5.01. The van der Waals surface area contributed by atoms with Gasteiger partial charge in [0, 0.05) is 6.04 Å². The fourth-order valence-corrected chi connectivity index (χ4v) is 2.08. The fraction of sp³-hybridized carbons (Fsp3) is 0.294. The second-order valence-corrected chi connectivity index (χ2v) is 5.01. The molecule has 0 bridgehead atoms. The highest BCUT2D eigenvalue weighted by atomic mass is 35.5. The second kappa shape index (κ2) is 8.67. The maximum Gasteiger partial charge on any atom is 0.120 e. The molecule has 3 N–H and O–H groups in total. The summed E-state index contributed by atoms with van der Waals surface area (Å²) in [7, 11) is 0. The number of halogens is 1. The minimum atomic E-state index is -0.204. The van der Waals surface area contributed by atoms with Crippen LogP contribution < -0.4 is 10.5 Å². The molecule has 1 unspecified atom stereocenters. The molecule has 0 saturated carbocycles. The summed E-state index contributed by atoms with van der Waals surface area (Å²) in [6.45, 7) is 2.61. The first-order valence-corrected chi connectivity index (χ1v) is 6.81. The first-order chi connectivity index (χ1) is 9.69. The molecule has 21 heavy (non-hydrogen) atoms. The van der Waals surface area contributed by atoms with Crippen molar-refractivity contribution in [2.24, 2.45) is 5.73 Å². The molecule has 0 spiro atoms. The van der Waals surface area contributed by atoms with E-state index in [1.54, 1.807) is 0 Å². The van der Waals surface area contributed by atoms with Crippen LogP contribution in [-0.4, -0.2) is 17.8 Å². The van der Waals surface area contributed by atoms with E-state index < -0.39 is 0 Å². The van der Waals surface area contributed by atoms with Crippen LogP contribution in [0.3, 0.4) is 0 Å². The summed E-state index contributed by atoms with van der Waals surface area (Å²) in [5.41, 5.74) is 9.20. The lowest BCUT2D eigenvalue weighted by molar-refractivity contribution is 0.265. The van der Waals surface area contributed by atoms with Crippen molar-refractivity contribution in [3.05, 3.63) is 65.2 Å². The minimum absolute atomic E-state index is 0. The van der Waals surface area contributed by atoms with Crippen LogP contribution in [0.5, 0.6) is 5.75 Å². The number of aliphatic hydroxyl groups excluding tert-OH is 1. The van der Waals surface area contributed by atoms with Crippen LogP contribution in [0.25, 0.3) is 0 Å². The summed E-state index contributed by atoms with van der Waals surface area (Å²) in [5.74, 6) is 0.854. The molecule has 0 fully saturated rings. The predicted octanol–water partition coefficient (Wildman–Crippen LogP) is 2.86. The Hall–Kier alpha value is -1.55. The van der Waals surface area contributed by atoms with E-state index in [1.807, 2.05) is 55.5 Å². The Morgan fingerprint density at radius 3 is 2.48 bits per heavy atom. The van der Waals surface area contributed by atoms with Crippen LogP contribution in [-0.2, 0) is 13.0 Å². The first-order valence-electron chi connectivity index (χ1n) is 6.81. The van der Waals surface area contributed by atoms with Crippen LogP contribution in [0, 0.1) is 6.92 Å². The molecule has 1 atom stereocenters. The normalized spacial score (nSPS) is 11.6. The summed E-state index contributed by atoms with van der Waals surface area (Å²) >= 11 is 0. The van der Waals surface area contributed by atoms with E-state index in [2.05, 4.69) is 0 Å². The Labute approximate surface area is 132 Å². The van der Waals surface area contributed by atoms with E-state index in [9.17, 15) is 0 Å². The largest absolute Gasteiger partial charge is 0.489 e. The third-order valence-electron chi connectivity index (χ3n) is 3.28. The van der Waals surface area contributed by atoms with Crippen LogP contribution in [0.15, 0.2) is 48.5 Å². The summed E-state index contributed by atoms with van der Waals surface area (Å²) in [6, 6.07) is 15.9. The Balaban J connectivity index is 0.00000220. The maximum atomic E-state index is 9.00. The molecule has 0 aromatic heterocycles. The first kappa shape index (κ1) is 17.5. The molecule has 2 aromatic carbocycles. The molecular weight excluding hydrogens is 286 g/mol. The van der Waals surface area contributed by atoms with Gasteiger partial charge in [-0.15, -0.1) is 12.4 Å². The molecule has 2 aromatic rings. The number of aryl methyl sites for hydroxylation is 1. The smallest absolute Gasteiger partial charge is 0.120 e. The van der Waals surface area contributed by atoms with Gasteiger partial charge in [-0.2, -0.15) is 0 Å². The third-order valence-corrected chi connectivity index (χ3v) is 3.28. The average Bonchev–Trinajstić information content (AvgIpc) is 2.48. The van der Waals surface area contributed by atoms with Gasteiger partial charge in [-0.05, 0) is 42.2 Å². The molecule has 0 radical (unpaired) electrons. The molecule has 0 heterocycles. The van der Waals surface area contributed by atoms with Gasteiger partial charge in [-0.25, -0.2) is 0 Å². The Bertz CT molecular complexity index is 546. The highest BCUT2D eigenvalue weighted by Crippen LogP contribution is 2.19. The van der Waals surface area contributed by atoms with Crippen molar-refractivity contribution in [2.75, 3.05) is 6.61 Å². The standard InChI is InChI=1S/C17H21NO2.ClH/c1-13-9-17(8-7-15(13)10-16(18)11-19)20-12-14-5-3-2-4-6-14;/h2-9,16,19H,10-12,18H2,1H3;1H. The zero-order valence-electron chi connectivity index (χ0n) is 12.2. The van der Waals surface area contributed by atoms with Gasteiger partial charge in [0.1, 0.15) is 12.4 Å². The average molecular weight is 308 g/mol. The van der Waals surface area contributed by atoms with Crippen LogP contribution in [0.1, 0.15) is 16.7 Å². The molecule has 0 aliphatic carbocycles. The summed E-state index contributed by atoms with van der Waals surface area (Å²) in [6.07, 6.45) is 0.682. The van der Waals surface area contributed by atoms with Gasteiger partial charge in [0.25, 0.3) is 0 Å². The zero-order chi connectivity index (χ0) is 14.4. The van der Waals surface area contributed by atoms with Gasteiger partial charge in [-0.3, -0.25) is 0 Å². The van der Waals surface area contributed by atoms with E-state index >= 15 is 0 Å². The molecule has 2 rings (SSSR count). The van der Waals surface area contributed by atoms with Gasteiger partial charge >= 0.3 is 0 Å². The van der Waals surface area contributed by atoms with Crippen molar-refractivity contribution >= 4 is 12.4 Å². The lowest BCUT2D eigenvalue weighted by atomic mass is 10.0. The number of benzene rings is 2. The number of rotatable bonds is 6. The topological polar surface area (TPSA) is 55.5 Å². The molecule has 0 aliphatic rings. The third kappa shape index (κ3) is 5.38. The van der Waals surface area contributed by atoms with Gasteiger partial charge < -0.3 is 15.6 Å². The highest BCUT2D eigenvalue weighted by Gasteiger charge is 2.06. The number of hydrogen-bond donors (Lipinski definition) is 2. The van der Waals surface area contributed by atoms with Gasteiger partial charge in [0.2, 0.25) is 0 Å². The molecule has 0 saturated heterocycles. The van der Waals surface area contributed by atoms with Crippen molar-refractivity contribution in [2.45, 2.75) is 26.0 Å². The lowest BCUT2D eigenvalue weighted by Gasteiger charge is -2.13. The monoisotopic (exact) mass is 307 g/mol. The molecular formula is C17H22ClNO2. The quantitative estimate of drug-likeness (QED) is 0.863. The summed E-state index contributed by atoms with van der Waals surface area (Å²) in [4.78, 5) is 0. The predicted molar refractivity (Wildman–Crippen MR) is 88.0 cm³/mol. The Morgan fingerprint density at radius 2 is 1.86 bits per heavy atom. The van der Waals surface area contributed by atoms with Gasteiger partial charge in [0.05, 0.1) is 6.61 Å². The van der Waals surface area contributed by atoms with E-state index in [0.29, 0.717) is 13.0 Å². The molecule has 0 amide bonds. The van der Waals surface area contributed by atoms with E-state index in [4.69, 9.17) is 15.6 Å². The van der Waals surface area contributed by atoms with Crippen molar-refractivity contribution < 1.29 is 9.84 Å². The number of nitrogens with two attached hydrogens (primary N) is 1. The number of ether oxygens (including phenoxy) is 1. The maximum absolute atomic E-state index is 9.00. The molecule has 4 heteroatoms. The van der Waals surface area contributed by atoms with E-state index in [1.165, 1.54) is 0 Å². The number of aliphatic hydroxyl groups is 1. The Morgan fingerprint density at radius 1 is 1.14 bits per heavy atom. The van der Waals surface area contributed by atoms with E-state index in [-0.39, 0.29) is 25.1 Å². The Kier molecular flexibility index (Phi) is 7.23. The zero-order valence-corrected chi connectivity index (χ0v) is 13.0. The molecule has 3 nitrogen and oxygen atoms in total. The van der Waals surface area contributed by atoms with E-state index in [0.717, 1.165) is 22.4 Å². The van der Waals surface area contributed by atoms with Crippen molar-refractivity contribution in [3.8, 4) is 5.75 Å². The highest BCUT2D eigenvalue weighted by molar-refractivity contribution is 5.85. The van der Waals surface area contributed by atoms with Crippen molar-refractivity contribution in [1.29, 1.82) is 0 Å². The summed E-state index contributed by atoms with van der Waals surface area (Å²) < 4.78 is 5.78.